The van der Waals surface area contributed by atoms with Crippen LogP contribution in [-0.4, -0.2) is 104 Å². The van der Waals surface area contributed by atoms with E-state index in [2.05, 4.69) is 4.98 Å². The van der Waals surface area contributed by atoms with Gasteiger partial charge in [0.1, 0.15) is 11.3 Å². The number of carbonyl (C=O) groups is 6. The first-order valence-electron chi connectivity index (χ1n) is 13.7. The highest BCUT2D eigenvalue weighted by Gasteiger charge is 2.48. The van der Waals surface area contributed by atoms with Gasteiger partial charge in [-0.2, -0.15) is 0 Å². The summed E-state index contributed by atoms with van der Waals surface area (Å²) in [5.41, 5.74) is 3.31. The Bertz CT molecular complexity index is 1480. The van der Waals surface area contributed by atoms with Gasteiger partial charge in [0.2, 0.25) is 11.5 Å². The fourth-order valence-corrected chi connectivity index (χ4v) is 5.22. The third kappa shape index (κ3) is 6.29. The van der Waals surface area contributed by atoms with Gasteiger partial charge in [-0.25, -0.2) is 14.4 Å². The van der Waals surface area contributed by atoms with E-state index in [0.717, 1.165) is 0 Å². The molecule has 15 nitrogen and oxygen atoms in total. The summed E-state index contributed by atoms with van der Waals surface area (Å²) in [5, 5.41) is 29.0. The van der Waals surface area contributed by atoms with Crippen LogP contribution in [0.3, 0.4) is 0 Å². The number of ether oxygens (including phenoxy) is 2. The number of carboxylic acid groups (broad SMARTS) is 3. The molecule has 4 rings (SSSR count). The highest BCUT2D eigenvalue weighted by Crippen LogP contribution is 2.43. The number of carbonyl (C=O) groups excluding carboxylic acids is 3. The Kier molecular flexibility index (Phi) is 9.01. The molecule has 2 fully saturated rings. The number of pyridine rings is 1. The zero-order valence-electron chi connectivity index (χ0n) is 23.4. The number of carboxylic acids is 3. The summed E-state index contributed by atoms with van der Waals surface area (Å²) in [7, 11) is 0. The van der Waals surface area contributed by atoms with Gasteiger partial charge in [-0.1, -0.05) is 0 Å². The van der Waals surface area contributed by atoms with Crippen LogP contribution in [0.1, 0.15) is 71.4 Å². The van der Waals surface area contributed by atoms with Gasteiger partial charge in [-0.05, 0) is 50.8 Å². The molecular weight excluding hydrogens is 568 g/mol. The van der Waals surface area contributed by atoms with E-state index in [4.69, 9.17) is 15.2 Å². The third-order valence-corrected chi connectivity index (χ3v) is 7.70. The van der Waals surface area contributed by atoms with Gasteiger partial charge in [0.05, 0.1) is 29.3 Å². The van der Waals surface area contributed by atoms with Crippen molar-refractivity contribution in [3.63, 3.8) is 0 Å². The van der Waals surface area contributed by atoms with Crippen LogP contribution in [0.4, 0.5) is 4.79 Å². The van der Waals surface area contributed by atoms with E-state index in [1.165, 1.54) is 28.0 Å². The minimum absolute atomic E-state index is 0.00235. The Labute approximate surface area is 245 Å². The second kappa shape index (κ2) is 12.5. The van der Waals surface area contributed by atoms with Gasteiger partial charge in [0.15, 0.2) is 0 Å². The number of nitrogens with two attached hydrogens (primary N) is 1. The standard InChI is InChI=1S/C28H32N4O11/c1-2-42-27(41)32-12-10-31(11-13-32)24(36)16(5-7-19(33)34)21-20(23(29)35)22(43-28(26(39)40)8-3-9-28)17-14-15(25(37)38)4-6-18(17)30-21/h4,6,14,16H,2-3,5,7-13H2,1H3,(H2,29,35)(H,33,34)(H,37,38)(H,39,40). The van der Waals surface area contributed by atoms with Crippen LogP contribution in [0, 0.1) is 0 Å². The third-order valence-electron chi connectivity index (χ3n) is 7.70. The molecule has 1 aromatic heterocycles. The van der Waals surface area contributed by atoms with Crippen LogP contribution in [-0.2, 0) is 19.1 Å². The van der Waals surface area contributed by atoms with Crippen molar-refractivity contribution >= 4 is 46.7 Å². The average Bonchev–Trinajstić information content (AvgIpc) is 2.94. The largest absolute Gasteiger partial charge is 0.481 e. The number of hydrogen-bond donors (Lipinski definition) is 4. The Balaban J connectivity index is 1.85. The fourth-order valence-electron chi connectivity index (χ4n) is 5.22. The molecule has 2 aliphatic rings. The Morgan fingerprint density at radius 1 is 1.02 bits per heavy atom. The summed E-state index contributed by atoms with van der Waals surface area (Å²) in [6.45, 7) is 2.33. The van der Waals surface area contributed by atoms with Crippen molar-refractivity contribution in [1.29, 1.82) is 0 Å². The molecule has 3 amide bonds. The number of aliphatic carboxylic acids is 2. The minimum atomic E-state index is -1.72. The number of amides is 3. The Morgan fingerprint density at radius 2 is 1.67 bits per heavy atom. The highest BCUT2D eigenvalue weighted by atomic mass is 16.6. The summed E-state index contributed by atoms with van der Waals surface area (Å²) in [6, 6.07) is 3.74. The summed E-state index contributed by atoms with van der Waals surface area (Å²) in [6.07, 6.45) is -0.581. The quantitative estimate of drug-likeness (QED) is 0.289. The van der Waals surface area contributed by atoms with Crippen molar-refractivity contribution in [2.75, 3.05) is 32.8 Å². The molecule has 230 valence electrons. The van der Waals surface area contributed by atoms with Crippen LogP contribution in [0.15, 0.2) is 18.2 Å². The maximum atomic E-state index is 13.9. The van der Waals surface area contributed by atoms with Gasteiger partial charge in [0, 0.05) is 38.0 Å². The molecule has 1 aliphatic heterocycles. The predicted molar refractivity (Wildman–Crippen MR) is 147 cm³/mol. The van der Waals surface area contributed by atoms with Gasteiger partial charge in [-0.3, -0.25) is 19.4 Å². The van der Waals surface area contributed by atoms with E-state index < -0.39 is 59.3 Å². The predicted octanol–water partition coefficient (Wildman–Crippen LogP) is 1.67. The van der Waals surface area contributed by atoms with Gasteiger partial charge < -0.3 is 40.3 Å². The molecular formula is C28H32N4O11. The van der Waals surface area contributed by atoms with E-state index in [1.54, 1.807) is 6.92 Å². The zero-order chi connectivity index (χ0) is 31.5. The number of fused-ring (bicyclic) bond motifs is 1. The van der Waals surface area contributed by atoms with E-state index >= 15 is 0 Å². The molecule has 2 heterocycles. The number of nitrogens with zero attached hydrogens (tertiary/aromatic N) is 3. The lowest BCUT2D eigenvalue weighted by Gasteiger charge is -2.39. The van der Waals surface area contributed by atoms with E-state index in [1.807, 2.05) is 0 Å². The average molecular weight is 601 g/mol. The number of piperazine rings is 1. The van der Waals surface area contributed by atoms with Crippen LogP contribution in [0.2, 0.25) is 0 Å². The molecule has 0 spiro atoms. The molecule has 1 aliphatic carbocycles. The van der Waals surface area contributed by atoms with E-state index in [9.17, 15) is 44.1 Å². The minimum Gasteiger partial charge on any atom is -0.481 e. The normalized spacial score (nSPS) is 16.6. The summed E-state index contributed by atoms with van der Waals surface area (Å²) in [5.74, 6) is -7.17. The SMILES string of the molecule is CCOC(=O)N1CCN(C(=O)C(CCC(=O)O)c2nc3ccc(C(=O)O)cc3c(OC3(C(=O)O)CCC3)c2C(N)=O)CC1. The zero-order valence-corrected chi connectivity index (χ0v) is 23.4. The first-order valence-corrected chi connectivity index (χ1v) is 13.7. The van der Waals surface area contributed by atoms with Crippen LogP contribution in [0.25, 0.3) is 10.9 Å². The Hall–Kier alpha value is -4.95. The van der Waals surface area contributed by atoms with Crippen molar-refractivity contribution in [2.45, 2.75) is 50.5 Å². The highest BCUT2D eigenvalue weighted by molar-refractivity contribution is 6.06. The molecule has 0 radical (unpaired) electrons. The van der Waals surface area contributed by atoms with Crippen molar-refractivity contribution < 1.29 is 53.6 Å². The molecule has 15 heteroatoms. The van der Waals surface area contributed by atoms with Crippen molar-refractivity contribution in [3.05, 3.63) is 35.0 Å². The molecule has 1 unspecified atom stereocenters. The topological polar surface area (TPSA) is 227 Å². The number of rotatable bonds is 11. The number of aromatic carboxylic acids is 1. The maximum Gasteiger partial charge on any atom is 0.409 e. The van der Waals surface area contributed by atoms with Crippen LogP contribution >= 0.6 is 0 Å². The summed E-state index contributed by atoms with van der Waals surface area (Å²) in [4.78, 5) is 82.0. The first-order chi connectivity index (χ1) is 20.4. The molecule has 1 atom stereocenters. The first kappa shape index (κ1) is 31.0. The number of benzene rings is 1. The number of hydrogen-bond acceptors (Lipinski definition) is 9. The van der Waals surface area contributed by atoms with E-state index in [-0.39, 0.29) is 80.0 Å². The molecule has 1 aromatic carbocycles. The van der Waals surface area contributed by atoms with Crippen molar-refractivity contribution in [2.24, 2.45) is 5.73 Å². The molecule has 5 N–H and O–H groups in total. The second-order valence-electron chi connectivity index (χ2n) is 10.4. The number of primary amides is 1. The lowest BCUT2D eigenvalue weighted by Crippen LogP contribution is -2.52. The summed E-state index contributed by atoms with van der Waals surface area (Å²) < 4.78 is 11.0. The van der Waals surface area contributed by atoms with Crippen molar-refractivity contribution in [1.82, 2.24) is 14.8 Å². The smallest absolute Gasteiger partial charge is 0.409 e. The fraction of sp³-hybridized carbons (Fsp3) is 0.464. The molecule has 0 bridgehead atoms. The van der Waals surface area contributed by atoms with Crippen molar-refractivity contribution in [3.8, 4) is 5.75 Å². The lowest BCUT2D eigenvalue weighted by atomic mass is 9.80. The van der Waals surface area contributed by atoms with E-state index in [0.29, 0.717) is 6.42 Å². The van der Waals surface area contributed by atoms with Crippen LogP contribution < -0.4 is 10.5 Å². The maximum absolute atomic E-state index is 13.9. The number of aromatic nitrogens is 1. The lowest BCUT2D eigenvalue weighted by molar-refractivity contribution is -0.163. The molecule has 1 saturated heterocycles. The summed E-state index contributed by atoms with van der Waals surface area (Å²) >= 11 is 0. The molecule has 1 saturated carbocycles. The molecule has 43 heavy (non-hydrogen) atoms. The van der Waals surface area contributed by atoms with Gasteiger partial charge in [-0.15, -0.1) is 0 Å². The van der Waals surface area contributed by atoms with Gasteiger partial charge >= 0.3 is 24.0 Å². The molecule has 2 aromatic rings. The van der Waals surface area contributed by atoms with Crippen LogP contribution in [0.5, 0.6) is 5.75 Å². The van der Waals surface area contributed by atoms with Gasteiger partial charge in [0.25, 0.3) is 5.91 Å². The Morgan fingerprint density at radius 3 is 2.19 bits per heavy atom. The second-order valence-corrected chi connectivity index (χ2v) is 10.4. The monoisotopic (exact) mass is 600 g/mol.